The summed E-state index contributed by atoms with van der Waals surface area (Å²) in [6, 6.07) is 6.36. The normalized spacial score (nSPS) is 16.4. The largest absolute Gasteiger partial charge is 0.478 e. The third kappa shape index (κ3) is 3.85. The lowest BCUT2D eigenvalue weighted by molar-refractivity contribution is -0.126. The van der Waals surface area contributed by atoms with Crippen LogP contribution >= 0.6 is 0 Å². The van der Waals surface area contributed by atoms with Crippen LogP contribution in [-0.2, 0) is 9.53 Å². The summed E-state index contributed by atoms with van der Waals surface area (Å²) in [5, 5.41) is 11.9. The zero-order valence-electron chi connectivity index (χ0n) is 12.9. The first-order valence-electron chi connectivity index (χ1n) is 7.80. The van der Waals surface area contributed by atoms with Gasteiger partial charge in [-0.25, -0.2) is 4.79 Å². The molecule has 2 rings (SSSR count). The zero-order valence-corrected chi connectivity index (χ0v) is 12.9. The highest BCUT2D eigenvalue weighted by Crippen LogP contribution is 2.42. The molecule has 0 aliphatic heterocycles. The lowest BCUT2D eigenvalue weighted by Crippen LogP contribution is -2.35. The number of hydrogen-bond donors (Lipinski definition) is 2. The molecule has 0 unspecified atom stereocenters. The van der Waals surface area contributed by atoms with Gasteiger partial charge in [0.2, 0.25) is 5.91 Å². The van der Waals surface area contributed by atoms with E-state index in [2.05, 4.69) is 5.32 Å². The molecule has 0 spiro atoms. The molecule has 5 heteroatoms. The van der Waals surface area contributed by atoms with E-state index >= 15 is 0 Å². The summed E-state index contributed by atoms with van der Waals surface area (Å²) >= 11 is 0. The molecule has 1 aliphatic carbocycles. The standard InChI is InChI=1S/C17H23NO4/c1-2-22-11-10-17(8-3-4-9-17)16(21)18-14-7-5-6-13(12-14)15(19)20/h5-7,12H,2-4,8-11H2,1H3,(H,18,21)(H,19,20). The van der Waals surface area contributed by atoms with Crippen LogP contribution in [0.5, 0.6) is 0 Å². The first-order chi connectivity index (χ1) is 10.6. The zero-order chi connectivity index (χ0) is 16.0. The Morgan fingerprint density at radius 2 is 2.05 bits per heavy atom. The van der Waals surface area contributed by atoms with E-state index in [9.17, 15) is 9.59 Å². The lowest BCUT2D eigenvalue weighted by atomic mass is 9.82. The SMILES string of the molecule is CCOCCC1(C(=O)Nc2cccc(C(=O)O)c2)CCCC1. The van der Waals surface area contributed by atoms with Gasteiger partial charge in [0.1, 0.15) is 0 Å². The summed E-state index contributed by atoms with van der Waals surface area (Å²) in [5.41, 5.74) is 0.328. The third-order valence-corrected chi connectivity index (χ3v) is 4.34. The second-order valence-electron chi connectivity index (χ2n) is 5.77. The molecule has 22 heavy (non-hydrogen) atoms. The number of carboxylic acid groups (broad SMARTS) is 1. The topological polar surface area (TPSA) is 75.6 Å². The summed E-state index contributed by atoms with van der Waals surface area (Å²) in [6.45, 7) is 3.18. The fourth-order valence-corrected chi connectivity index (χ4v) is 3.05. The highest BCUT2D eigenvalue weighted by atomic mass is 16.5. The van der Waals surface area contributed by atoms with Crippen molar-refractivity contribution < 1.29 is 19.4 Å². The molecule has 0 atom stereocenters. The predicted molar refractivity (Wildman–Crippen MR) is 84.0 cm³/mol. The minimum atomic E-state index is -0.997. The first kappa shape index (κ1) is 16.5. The van der Waals surface area contributed by atoms with E-state index in [1.54, 1.807) is 12.1 Å². The molecule has 1 saturated carbocycles. The molecule has 1 aromatic carbocycles. The van der Waals surface area contributed by atoms with Crippen LogP contribution in [0.25, 0.3) is 0 Å². The van der Waals surface area contributed by atoms with Gasteiger partial charge in [0.05, 0.1) is 11.0 Å². The maximum atomic E-state index is 12.7. The van der Waals surface area contributed by atoms with Crippen LogP contribution in [0, 0.1) is 5.41 Å². The predicted octanol–water partition coefficient (Wildman–Crippen LogP) is 3.31. The fraction of sp³-hybridized carbons (Fsp3) is 0.529. The van der Waals surface area contributed by atoms with Crippen LogP contribution in [0.2, 0.25) is 0 Å². The van der Waals surface area contributed by atoms with Crippen molar-refractivity contribution in [2.75, 3.05) is 18.5 Å². The highest BCUT2D eigenvalue weighted by Gasteiger charge is 2.40. The van der Waals surface area contributed by atoms with Crippen LogP contribution in [0.3, 0.4) is 0 Å². The number of rotatable bonds is 7. The Hall–Kier alpha value is -1.88. The minimum absolute atomic E-state index is 0.0211. The quantitative estimate of drug-likeness (QED) is 0.758. The van der Waals surface area contributed by atoms with E-state index in [0.717, 1.165) is 25.7 Å². The van der Waals surface area contributed by atoms with Crippen molar-refractivity contribution in [3.05, 3.63) is 29.8 Å². The second kappa shape index (κ2) is 7.40. The molecule has 1 amide bonds. The Morgan fingerprint density at radius 1 is 1.32 bits per heavy atom. The minimum Gasteiger partial charge on any atom is -0.478 e. The molecule has 0 heterocycles. The van der Waals surface area contributed by atoms with Gasteiger partial charge in [-0.1, -0.05) is 18.9 Å². The Kier molecular flexibility index (Phi) is 5.55. The Balaban J connectivity index is 2.08. The Labute approximate surface area is 130 Å². The number of benzene rings is 1. The van der Waals surface area contributed by atoms with Gasteiger partial charge in [0, 0.05) is 18.9 Å². The Morgan fingerprint density at radius 3 is 2.68 bits per heavy atom. The summed E-state index contributed by atoms with van der Waals surface area (Å²) in [4.78, 5) is 23.7. The van der Waals surface area contributed by atoms with Crippen molar-refractivity contribution in [3.8, 4) is 0 Å². The maximum Gasteiger partial charge on any atom is 0.335 e. The molecule has 0 radical (unpaired) electrons. The molecule has 0 bridgehead atoms. The van der Waals surface area contributed by atoms with Crippen LogP contribution < -0.4 is 5.32 Å². The van der Waals surface area contributed by atoms with Crippen molar-refractivity contribution in [2.24, 2.45) is 5.41 Å². The van der Waals surface area contributed by atoms with Crippen molar-refractivity contribution in [1.29, 1.82) is 0 Å². The van der Waals surface area contributed by atoms with E-state index in [1.807, 2.05) is 6.92 Å². The summed E-state index contributed by atoms with van der Waals surface area (Å²) in [7, 11) is 0. The molecule has 1 aromatic rings. The number of ether oxygens (including phenoxy) is 1. The average Bonchev–Trinajstić information content (AvgIpc) is 2.98. The van der Waals surface area contributed by atoms with E-state index in [-0.39, 0.29) is 16.9 Å². The van der Waals surface area contributed by atoms with E-state index in [0.29, 0.717) is 25.3 Å². The molecule has 1 fully saturated rings. The van der Waals surface area contributed by atoms with Gasteiger partial charge in [0.15, 0.2) is 0 Å². The molecular weight excluding hydrogens is 282 g/mol. The van der Waals surface area contributed by atoms with Crippen molar-refractivity contribution in [2.45, 2.75) is 39.0 Å². The number of anilines is 1. The van der Waals surface area contributed by atoms with E-state index in [1.165, 1.54) is 12.1 Å². The van der Waals surface area contributed by atoms with Gasteiger partial charge in [-0.3, -0.25) is 4.79 Å². The van der Waals surface area contributed by atoms with E-state index < -0.39 is 5.97 Å². The molecule has 1 aliphatic rings. The second-order valence-corrected chi connectivity index (χ2v) is 5.77. The summed E-state index contributed by atoms with van der Waals surface area (Å²) in [5.74, 6) is -1.02. The molecule has 0 saturated heterocycles. The molecule has 0 aromatic heterocycles. The smallest absolute Gasteiger partial charge is 0.335 e. The van der Waals surface area contributed by atoms with Gasteiger partial charge in [-0.2, -0.15) is 0 Å². The Bertz CT molecular complexity index is 535. The van der Waals surface area contributed by atoms with E-state index in [4.69, 9.17) is 9.84 Å². The van der Waals surface area contributed by atoms with Crippen molar-refractivity contribution in [1.82, 2.24) is 0 Å². The summed E-state index contributed by atoms with van der Waals surface area (Å²) < 4.78 is 5.41. The molecule has 120 valence electrons. The number of hydrogen-bond acceptors (Lipinski definition) is 3. The number of nitrogens with one attached hydrogen (secondary N) is 1. The number of amides is 1. The van der Waals surface area contributed by atoms with Gasteiger partial charge in [-0.15, -0.1) is 0 Å². The number of carbonyl (C=O) groups is 2. The van der Waals surface area contributed by atoms with Crippen LogP contribution in [0.1, 0.15) is 49.4 Å². The van der Waals surface area contributed by atoms with Crippen LogP contribution in [-0.4, -0.2) is 30.2 Å². The van der Waals surface area contributed by atoms with Gasteiger partial charge < -0.3 is 15.2 Å². The molecular formula is C17H23NO4. The van der Waals surface area contributed by atoms with Crippen molar-refractivity contribution >= 4 is 17.6 Å². The van der Waals surface area contributed by atoms with Gasteiger partial charge in [0.25, 0.3) is 0 Å². The third-order valence-electron chi connectivity index (χ3n) is 4.34. The van der Waals surface area contributed by atoms with Gasteiger partial charge in [-0.05, 0) is 44.4 Å². The monoisotopic (exact) mass is 305 g/mol. The number of aromatic carboxylic acids is 1. The summed E-state index contributed by atoms with van der Waals surface area (Å²) in [6.07, 6.45) is 4.55. The van der Waals surface area contributed by atoms with Crippen LogP contribution in [0.4, 0.5) is 5.69 Å². The number of carboxylic acids is 1. The molecule has 5 nitrogen and oxygen atoms in total. The fourth-order valence-electron chi connectivity index (χ4n) is 3.05. The van der Waals surface area contributed by atoms with Crippen LogP contribution in [0.15, 0.2) is 24.3 Å². The molecule has 2 N–H and O–H groups in total. The first-order valence-corrected chi connectivity index (χ1v) is 7.80. The maximum absolute atomic E-state index is 12.7. The highest BCUT2D eigenvalue weighted by molar-refractivity contribution is 5.97. The van der Waals surface area contributed by atoms with Crippen molar-refractivity contribution in [3.63, 3.8) is 0 Å². The average molecular weight is 305 g/mol. The van der Waals surface area contributed by atoms with Gasteiger partial charge >= 0.3 is 5.97 Å². The number of carbonyl (C=O) groups excluding carboxylic acids is 1. The lowest BCUT2D eigenvalue weighted by Gasteiger charge is -2.27.